The molecule has 2 heterocycles. The minimum Gasteiger partial charge on any atom is -0.290 e. The Morgan fingerprint density at radius 1 is 1.31 bits per heavy atom. The lowest BCUT2D eigenvalue weighted by molar-refractivity contribution is -0.112. The minimum absolute atomic E-state index is 0.309. The van der Waals surface area contributed by atoms with Crippen molar-refractivity contribution in [1.29, 1.82) is 0 Å². The molecular weight excluding hydrogens is 206 g/mol. The van der Waals surface area contributed by atoms with Crippen molar-refractivity contribution >= 4 is 12.0 Å². The Morgan fingerprint density at radius 2 is 2.12 bits per heavy atom. The molecule has 0 aromatic carbocycles. The average molecular weight is 219 g/mol. The van der Waals surface area contributed by atoms with Crippen LogP contribution in [0, 0.1) is 0 Å². The van der Waals surface area contributed by atoms with Gasteiger partial charge in [-0.15, -0.1) is 0 Å². The summed E-state index contributed by atoms with van der Waals surface area (Å²) in [5, 5.41) is 1.10. The molecule has 0 unspecified atom stereocenters. The molecule has 16 heavy (non-hydrogen) atoms. The first-order chi connectivity index (χ1) is 7.72. The number of aromatic nitrogens is 2. The van der Waals surface area contributed by atoms with E-state index >= 15 is 0 Å². The van der Waals surface area contributed by atoms with Crippen LogP contribution in [0.1, 0.15) is 26.2 Å². The Balaban J connectivity index is 2.43. The zero-order valence-electron chi connectivity index (χ0n) is 9.14. The molecule has 1 aliphatic heterocycles. The molecule has 5 nitrogen and oxygen atoms in total. The first kappa shape index (κ1) is 10.7. The van der Waals surface area contributed by atoms with Gasteiger partial charge in [0.05, 0.1) is 11.5 Å². The summed E-state index contributed by atoms with van der Waals surface area (Å²) < 4.78 is 1.53. The third-order valence-electron chi connectivity index (χ3n) is 2.56. The Labute approximate surface area is 92.2 Å². The van der Waals surface area contributed by atoms with E-state index in [9.17, 15) is 9.59 Å². The van der Waals surface area contributed by atoms with E-state index < -0.39 is 0 Å². The molecule has 0 radical (unpaired) electrons. The SMILES string of the molecule is CCCCCn1c(=O)ncc2c1=CC(=O)N=2. The molecular formula is C11H13N3O2. The normalized spacial score (nSPS) is 13.2. The predicted octanol–water partition coefficient (Wildman–Crippen LogP) is -0.626. The van der Waals surface area contributed by atoms with E-state index in [4.69, 9.17) is 0 Å². The lowest BCUT2D eigenvalue weighted by atomic mass is 10.2. The van der Waals surface area contributed by atoms with Gasteiger partial charge in [0.2, 0.25) is 0 Å². The van der Waals surface area contributed by atoms with Crippen molar-refractivity contribution in [2.24, 2.45) is 4.99 Å². The Morgan fingerprint density at radius 3 is 2.88 bits per heavy atom. The van der Waals surface area contributed by atoms with Crippen molar-refractivity contribution in [3.8, 4) is 0 Å². The zero-order chi connectivity index (χ0) is 11.5. The van der Waals surface area contributed by atoms with Gasteiger partial charge in [-0.1, -0.05) is 19.8 Å². The third kappa shape index (κ3) is 1.93. The summed E-state index contributed by atoms with van der Waals surface area (Å²) in [6.07, 6.45) is 5.81. The van der Waals surface area contributed by atoms with Crippen molar-refractivity contribution in [2.75, 3.05) is 0 Å². The zero-order valence-corrected chi connectivity index (χ0v) is 9.14. The van der Waals surface area contributed by atoms with Gasteiger partial charge in [-0.25, -0.2) is 9.79 Å². The van der Waals surface area contributed by atoms with Gasteiger partial charge in [0.25, 0.3) is 5.91 Å². The molecule has 2 rings (SSSR count). The fourth-order valence-electron chi connectivity index (χ4n) is 1.74. The van der Waals surface area contributed by atoms with Crippen molar-refractivity contribution in [3.05, 3.63) is 27.4 Å². The summed E-state index contributed by atoms with van der Waals surface area (Å²) in [5.41, 5.74) is -0.309. The lowest BCUT2D eigenvalue weighted by Gasteiger charge is -2.03. The minimum atomic E-state index is -0.313. The van der Waals surface area contributed by atoms with Crippen molar-refractivity contribution in [2.45, 2.75) is 32.7 Å². The van der Waals surface area contributed by atoms with Crippen LogP contribution in [-0.4, -0.2) is 15.5 Å². The van der Waals surface area contributed by atoms with E-state index in [0.717, 1.165) is 19.3 Å². The van der Waals surface area contributed by atoms with Gasteiger partial charge in [-0.3, -0.25) is 9.36 Å². The number of amides is 1. The maximum atomic E-state index is 11.6. The highest BCUT2D eigenvalue weighted by atomic mass is 16.2. The maximum Gasteiger partial charge on any atom is 0.348 e. The van der Waals surface area contributed by atoms with Gasteiger partial charge >= 0.3 is 5.69 Å². The van der Waals surface area contributed by atoms with E-state index in [1.807, 2.05) is 0 Å². The molecule has 1 aliphatic rings. The molecule has 1 aromatic rings. The van der Waals surface area contributed by atoms with Gasteiger partial charge in [0.15, 0.2) is 0 Å². The van der Waals surface area contributed by atoms with Crippen LogP contribution in [0.4, 0.5) is 0 Å². The first-order valence-electron chi connectivity index (χ1n) is 5.42. The summed E-state index contributed by atoms with van der Waals surface area (Å²) in [6.45, 7) is 2.70. The lowest BCUT2D eigenvalue weighted by Crippen LogP contribution is -2.43. The smallest absolute Gasteiger partial charge is 0.290 e. The monoisotopic (exact) mass is 219 g/mol. The van der Waals surface area contributed by atoms with E-state index in [1.54, 1.807) is 0 Å². The van der Waals surface area contributed by atoms with Crippen LogP contribution >= 0.6 is 0 Å². The van der Waals surface area contributed by atoms with E-state index in [-0.39, 0.29) is 11.6 Å². The quantitative estimate of drug-likeness (QED) is 0.633. The van der Waals surface area contributed by atoms with Gasteiger partial charge in [0.1, 0.15) is 5.36 Å². The predicted molar refractivity (Wildman–Crippen MR) is 58.3 cm³/mol. The topological polar surface area (TPSA) is 64.3 Å². The molecule has 1 aromatic heterocycles. The maximum absolute atomic E-state index is 11.6. The highest BCUT2D eigenvalue weighted by Gasteiger charge is 2.08. The Bertz CT molecular complexity index is 586. The number of nitrogens with zero attached hydrogens (tertiary/aromatic N) is 3. The van der Waals surface area contributed by atoms with E-state index in [1.165, 1.54) is 16.8 Å². The molecule has 0 bridgehead atoms. The third-order valence-corrected chi connectivity index (χ3v) is 2.56. The average Bonchev–Trinajstić information content (AvgIpc) is 2.62. The molecule has 0 fully saturated rings. The van der Waals surface area contributed by atoms with Gasteiger partial charge in [0, 0.05) is 12.6 Å². The molecule has 84 valence electrons. The van der Waals surface area contributed by atoms with E-state index in [2.05, 4.69) is 16.9 Å². The number of unbranched alkanes of at least 4 members (excludes halogenated alkanes) is 2. The van der Waals surface area contributed by atoms with Crippen molar-refractivity contribution < 1.29 is 4.79 Å². The molecule has 0 saturated carbocycles. The number of carbonyl (C=O) groups excluding carboxylic acids is 1. The molecule has 0 saturated heterocycles. The fourth-order valence-corrected chi connectivity index (χ4v) is 1.74. The highest BCUT2D eigenvalue weighted by molar-refractivity contribution is 6.06. The number of hydrogen-bond acceptors (Lipinski definition) is 3. The molecule has 0 atom stereocenters. The number of fused-ring (bicyclic) bond motifs is 1. The van der Waals surface area contributed by atoms with Gasteiger partial charge in [-0.2, -0.15) is 4.98 Å². The summed E-state index contributed by atoms with van der Waals surface area (Å²) >= 11 is 0. The van der Waals surface area contributed by atoms with Crippen molar-refractivity contribution in [3.63, 3.8) is 0 Å². The summed E-state index contributed by atoms with van der Waals surface area (Å²) in [6, 6.07) is 0. The Hall–Kier alpha value is -1.78. The van der Waals surface area contributed by atoms with Crippen LogP contribution in [-0.2, 0) is 11.3 Å². The van der Waals surface area contributed by atoms with E-state index in [0.29, 0.717) is 17.3 Å². The number of hydrogen-bond donors (Lipinski definition) is 0. The summed E-state index contributed by atoms with van der Waals surface area (Å²) in [7, 11) is 0. The van der Waals surface area contributed by atoms with Crippen LogP contribution < -0.4 is 16.4 Å². The van der Waals surface area contributed by atoms with Crippen LogP contribution in [0.15, 0.2) is 16.0 Å². The molecule has 0 N–H and O–H groups in total. The second kappa shape index (κ2) is 4.38. The molecule has 0 aliphatic carbocycles. The fraction of sp³-hybridized carbons (Fsp3) is 0.455. The molecule has 1 amide bonds. The number of rotatable bonds is 4. The summed E-state index contributed by atoms with van der Waals surface area (Å²) in [5.74, 6) is -0.313. The molecule has 0 spiro atoms. The van der Waals surface area contributed by atoms with Crippen LogP contribution in [0.25, 0.3) is 6.08 Å². The van der Waals surface area contributed by atoms with Crippen molar-refractivity contribution in [1.82, 2.24) is 9.55 Å². The standard InChI is InChI=1S/C11H13N3O2/c1-2-3-4-5-14-9-6-10(15)13-8(9)7-12-11(14)16/h6-7H,2-5H2,1H3. The Kier molecular flexibility index (Phi) is 2.94. The van der Waals surface area contributed by atoms with Gasteiger partial charge in [-0.05, 0) is 6.42 Å². The summed E-state index contributed by atoms with van der Waals surface area (Å²) in [4.78, 5) is 30.2. The van der Waals surface area contributed by atoms with Crippen LogP contribution in [0.2, 0.25) is 0 Å². The second-order valence-electron chi connectivity index (χ2n) is 3.76. The van der Waals surface area contributed by atoms with Crippen LogP contribution in [0.5, 0.6) is 0 Å². The first-order valence-corrected chi connectivity index (χ1v) is 5.42. The largest absolute Gasteiger partial charge is 0.348 e. The number of carbonyl (C=O) groups is 1. The highest BCUT2D eigenvalue weighted by Crippen LogP contribution is 1.94. The van der Waals surface area contributed by atoms with Crippen LogP contribution in [0.3, 0.4) is 0 Å². The van der Waals surface area contributed by atoms with Gasteiger partial charge < -0.3 is 0 Å². The molecule has 5 heteroatoms. The second-order valence-corrected chi connectivity index (χ2v) is 3.76.